The summed E-state index contributed by atoms with van der Waals surface area (Å²) in [6.45, 7) is 12.6. The molecule has 2 nitrogen and oxygen atoms in total. The lowest BCUT2D eigenvalue weighted by Gasteiger charge is -2.22. The Hall–Kier alpha value is -0.790. The van der Waals surface area contributed by atoms with Crippen LogP contribution in [-0.2, 0) is 4.79 Å². The fraction of sp³-hybridized carbons (Fsp3) is 0.812. The van der Waals surface area contributed by atoms with Crippen LogP contribution in [0.1, 0.15) is 66.7 Å². The number of nitrogens with zero attached hydrogens (tertiary/aromatic N) is 1. The zero-order chi connectivity index (χ0) is 14.0. The van der Waals surface area contributed by atoms with Crippen LogP contribution >= 0.6 is 0 Å². The van der Waals surface area contributed by atoms with Crippen molar-refractivity contribution in [3.05, 3.63) is 11.8 Å². The van der Waals surface area contributed by atoms with Gasteiger partial charge in [0.05, 0.1) is 0 Å². The third kappa shape index (κ3) is 6.83. The van der Waals surface area contributed by atoms with Crippen LogP contribution in [0.15, 0.2) is 11.8 Å². The molecule has 0 bridgehead atoms. The van der Waals surface area contributed by atoms with Gasteiger partial charge >= 0.3 is 0 Å². The molecule has 0 rings (SSSR count). The Bertz CT molecular complexity index is 248. The van der Waals surface area contributed by atoms with Gasteiger partial charge in [-0.2, -0.15) is 0 Å². The predicted molar refractivity (Wildman–Crippen MR) is 79.6 cm³/mol. The molecule has 0 aliphatic carbocycles. The minimum Gasteiger partial charge on any atom is -0.377 e. The number of Topliss-reactive ketones (excluding diaryl/α,β-unsaturated/α-hetero) is 1. The monoisotopic (exact) mass is 253 g/mol. The summed E-state index contributed by atoms with van der Waals surface area (Å²) in [5, 5.41) is 0. The van der Waals surface area contributed by atoms with Crippen molar-refractivity contribution in [2.75, 3.05) is 13.1 Å². The molecule has 0 aliphatic heterocycles. The van der Waals surface area contributed by atoms with Gasteiger partial charge in [0.25, 0.3) is 0 Å². The number of allylic oxidation sites excluding steroid dienone is 1. The Labute approximate surface area is 113 Å². The molecule has 0 N–H and O–H groups in total. The van der Waals surface area contributed by atoms with Gasteiger partial charge in [-0.15, -0.1) is 0 Å². The maximum absolute atomic E-state index is 12.1. The van der Waals surface area contributed by atoms with Gasteiger partial charge in [0.15, 0.2) is 5.78 Å². The topological polar surface area (TPSA) is 20.3 Å². The maximum Gasteiger partial charge on any atom is 0.162 e. The maximum atomic E-state index is 12.1. The normalized spacial score (nSPS) is 12.0. The predicted octanol–water partition coefficient (Wildman–Crippen LogP) is 4.41. The lowest BCUT2D eigenvalue weighted by molar-refractivity contribution is -0.118. The van der Waals surface area contributed by atoms with Crippen LogP contribution in [0.2, 0.25) is 0 Å². The number of rotatable bonds is 10. The summed E-state index contributed by atoms with van der Waals surface area (Å²) >= 11 is 0. The van der Waals surface area contributed by atoms with Crippen molar-refractivity contribution < 1.29 is 4.79 Å². The summed E-state index contributed by atoms with van der Waals surface area (Å²) in [5.41, 5.74) is 0.984. The number of hydrogen-bond donors (Lipinski definition) is 0. The van der Waals surface area contributed by atoms with E-state index in [1.807, 2.05) is 13.8 Å². The molecule has 0 aromatic heterocycles. The van der Waals surface area contributed by atoms with Gasteiger partial charge in [-0.1, -0.05) is 47.5 Å². The Morgan fingerprint density at radius 1 is 1.06 bits per heavy atom. The smallest absolute Gasteiger partial charge is 0.162 e. The van der Waals surface area contributed by atoms with Crippen molar-refractivity contribution in [3.8, 4) is 0 Å². The standard InChI is InChI=1S/C16H31NO/c1-6-9-11-17(12-10-7-2)13-15(8-3)16(18)14(4)5/h13-14H,6-12H2,1-5H3. The van der Waals surface area contributed by atoms with Crippen molar-refractivity contribution >= 4 is 5.78 Å². The molecule has 0 aromatic rings. The van der Waals surface area contributed by atoms with E-state index in [1.165, 1.54) is 25.7 Å². The van der Waals surface area contributed by atoms with Gasteiger partial charge < -0.3 is 4.90 Å². The zero-order valence-electron chi connectivity index (χ0n) is 13.0. The van der Waals surface area contributed by atoms with Crippen LogP contribution < -0.4 is 0 Å². The Balaban J connectivity index is 4.68. The number of unbranched alkanes of at least 4 members (excludes halogenated alkanes) is 2. The molecule has 18 heavy (non-hydrogen) atoms. The van der Waals surface area contributed by atoms with E-state index in [9.17, 15) is 4.79 Å². The van der Waals surface area contributed by atoms with E-state index in [-0.39, 0.29) is 5.92 Å². The van der Waals surface area contributed by atoms with Crippen molar-refractivity contribution in [1.29, 1.82) is 0 Å². The van der Waals surface area contributed by atoms with E-state index in [1.54, 1.807) is 0 Å². The van der Waals surface area contributed by atoms with Crippen LogP contribution in [0.3, 0.4) is 0 Å². The van der Waals surface area contributed by atoms with Crippen LogP contribution in [0.25, 0.3) is 0 Å². The fourth-order valence-electron chi connectivity index (χ4n) is 1.88. The molecule has 0 fully saturated rings. The van der Waals surface area contributed by atoms with Crippen molar-refractivity contribution in [3.63, 3.8) is 0 Å². The molecule has 0 spiro atoms. The van der Waals surface area contributed by atoms with E-state index < -0.39 is 0 Å². The fourth-order valence-corrected chi connectivity index (χ4v) is 1.88. The minimum atomic E-state index is 0.107. The average Bonchev–Trinajstić information content (AvgIpc) is 2.37. The van der Waals surface area contributed by atoms with E-state index in [4.69, 9.17) is 0 Å². The molecule has 0 saturated heterocycles. The largest absolute Gasteiger partial charge is 0.377 e. The zero-order valence-corrected chi connectivity index (χ0v) is 13.0. The molecular formula is C16H31NO. The molecule has 0 atom stereocenters. The van der Waals surface area contributed by atoms with Gasteiger partial charge in [0.1, 0.15) is 0 Å². The highest BCUT2D eigenvalue weighted by Gasteiger charge is 2.13. The van der Waals surface area contributed by atoms with Crippen LogP contribution in [0.4, 0.5) is 0 Å². The molecule has 106 valence electrons. The third-order valence-corrected chi connectivity index (χ3v) is 3.16. The van der Waals surface area contributed by atoms with E-state index >= 15 is 0 Å². The second kappa shape index (κ2) is 10.2. The first-order chi connectivity index (χ1) is 8.56. The molecule has 0 radical (unpaired) electrons. The molecule has 0 heterocycles. The summed E-state index contributed by atoms with van der Waals surface area (Å²) < 4.78 is 0. The minimum absolute atomic E-state index is 0.107. The third-order valence-electron chi connectivity index (χ3n) is 3.16. The number of ketones is 1. The number of hydrogen-bond acceptors (Lipinski definition) is 2. The lowest BCUT2D eigenvalue weighted by Crippen LogP contribution is -2.22. The highest BCUT2D eigenvalue weighted by molar-refractivity contribution is 5.96. The Morgan fingerprint density at radius 3 is 1.89 bits per heavy atom. The first-order valence-electron chi connectivity index (χ1n) is 7.55. The summed E-state index contributed by atoms with van der Waals surface area (Å²) in [7, 11) is 0. The molecule has 0 saturated carbocycles. The second-order valence-electron chi connectivity index (χ2n) is 5.27. The average molecular weight is 253 g/mol. The van der Waals surface area contributed by atoms with Gasteiger partial charge in [-0.3, -0.25) is 4.79 Å². The SMILES string of the molecule is CCCCN(C=C(CC)C(=O)C(C)C)CCCC. The molecule has 0 aromatic carbocycles. The summed E-state index contributed by atoms with van der Waals surface area (Å²) in [6, 6.07) is 0. The molecule has 0 unspecified atom stereocenters. The van der Waals surface area contributed by atoms with Crippen LogP contribution in [-0.4, -0.2) is 23.8 Å². The van der Waals surface area contributed by atoms with E-state index in [0.717, 1.165) is 25.1 Å². The number of carbonyl (C=O) groups is 1. The van der Waals surface area contributed by atoms with Gasteiger partial charge in [-0.25, -0.2) is 0 Å². The molecule has 0 aliphatic rings. The summed E-state index contributed by atoms with van der Waals surface area (Å²) in [4.78, 5) is 14.4. The first-order valence-corrected chi connectivity index (χ1v) is 7.55. The van der Waals surface area contributed by atoms with Crippen molar-refractivity contribution in [2.24, 2.45) is 5.92 Å². The summed E-state index contributed by atoms with van der Waals surface area (Å²) in [5.74, 6) is 0.408. The van der Waals surface area contributed by atoms with Crippen LogP contribution in [0.5, 0.6) is 0 Å². The van der Waals surface area contributed by atoms with Crippen molar-refractivity contribution in [2.45, 2.75) is 66.7 Å². The Kier molecular flexibility index (Phi) is 9.72. The number of carbonyl (C=O) groups excluding carboxylic acids is 1. The van der Waals surface area contributed by atoms with E-state index in [0.29, 0.717) is 5.78 Å². The second-order valence-corrected chi connectivity index (χ2v) is 5.27. The highest BCUT2D eigenvalue weighted by atomic mass is 16.1. The van der Waals surface area contributed by atoms with Crippen molar-refractivity contribution in [1.82, 2.24) is 4.90 Å². The van der Waals surface area contributed by atoms with E-state index in [2.05, 4.69) is 31.9 Å². The Morgan fingerprint density at radius 2 is 1.56 bits per heavy atom. The summed E-state index contributed by atoms with van der Waals surface area (Å²) in [6.07, 6.45) is 7.77. The van der Waals surface area contributed by atoms with Crippen LogP contribution in [0, 0.1) is 5.92 Å². The highest BCUT2D eigenvalue weighted by Crippen LogP contribution is 2.12. The van der Waals surface area contributed by atoms with Gasteiger partial charge in [0.2, 0.25) is 0 Å². The molecular weight excluding hydrogens is 222 g/mol. The van der Waals surface area contributed by atoms with Gasteiger partial charge in [-0.05, 0) is 19.3 Å². The quantitative estimate of drug-likeness (QED) is 0.538. The molecule has 2 heteroatoms. The first kappa shape index (κ1) is 17.2. The lowest BCUT2D eigenvalue weighted by atomic mass is 10.00. The molecule has 0 amide bonds. The van der Waals surface area contributed by atoms with Gasteiger partial charge in [0, 0.05) is 30.8 Å².